The fourth-order valence-corrected chi connectivity index (χ4v) is 3.18. The zero-order valence-electron chi connectivity index (χ0n) is 16.7. The van der Waals surface area contributed by atoms with E-state index in [1.54, 1.807) is 19.4 Å². The van der Waals surface area contributed by atoms with Gasteiger partial charge in [-0.15, -0.1) is 0 Å². The van der Waals surface area contributed by atoms with Crippen LogP contribution in [0.4, 0.5) is 0 Å². The van der Waals surface area contributed by atoms with E-state index in [9.17, 15) is 4.79 Å². The predicted octanol–water partition coefficient (Wildman–Crippen LogP) is 4.75. The summed E-state index contributed by atoms with van der Waals surface area (Å²) in [6.45, 7) is 0.851. The van der Waals surface area contributed by atoms with Crippen molar-refractivity contribution in [1.29, 1.82) is 0 Å². The molecule has 0 aliphatic heterocycles. The number of pyridine rings is 1. The minimum absolute atomic E-state index is 0.135. The third kappa shape index (κ3) is 4.58. The van der Waals surface area contributed by atoms with Crippen LogP contribution < -0.4 is 14.8 Å². The van der Waals surface area contributed by atoms with Gasteiger partial charge < -0.3 is 14.8 Å². The van der Waals surface area contributed by atoms with Crippen LogP contribution in [0, 0.1) is 0 Å². The molecule has 0 bridgehead atoms. The molecule has 0 saturated carbocycles. The van der Waals surface area contributed by atoms with E-state index in [0.717, 1.165) is 22.0 Å². The standard InChI is InChI=1S/C25H22N2O3/c1-29-24-14-19(9-12-23(24)30-17-18-6-3-2-4-7-18)16-27-25(28)21-10-11-22-20(15-21)8-5-13-26-22/h2-15H,16-17H2,1H3,(H,27,28). The number of nitrogens with one attached hydrogen (secondary N) is 1. The lowest BCUT2D eigenvalue weighted by atomic mass is 10.1. The molecule has 4 rings (SSSR count). The van der Waals surface area contributed by atoms with E-state index in [2.05, 4.69) is 10.3 Å². The van der Waals surface area contributed by atoms with Crippen molar-refractivity contribution in [3.63, 3.8) is 0 Å². The maximum absolute atomic E-state index is 12.6. The lowest BCUT2D eigenvalue weighted by Gasteiger charge is -2.13. The molecule has 1 aromatic heterocycles. The number of benzene rings is 3. The van der Waals surface area contributed by atoms with E-state index in [1.807, 2.05) is 72.8 Å². The zero-order chi connectivity index (χ0) is 20.8. The molecule has 3 aromatic carbocycles. The number of aromatic nitrogens is 1. The van der Waals surface area contributed by atoms with Crippen molar-refractivity contribution in [3.8, 4) is 11.5 Å². The van der Waals surface area contributed by atoms with Crippen LogP contribution in [-0.4, -0.2) is 18.0 Å². The Kier molecular flexibility index (Phi) is 5.90. The molecule has 0 aliphatic rings. The van der Waals surface area contributed by atoms with Gasteiger partial charge in [-0.2, -0.15) is 0 Å². The predicted molar refractivity (Wildman–Crippen MR) is 117 cm³/mol. The van der Waals surface area contributed by atoms with Gasteiger partial charge in [-0.1, -0.05) is 42.5 Å². The summed E-state index contributed by atoms with van der Waals surface area (Å²) in [7, 11) is 1.61. The van der Waals surface area contributed by atoms with E-state index >= 15 is 0 Å². The van der Waals surface area contributed by atoms with Crippen LogP contribution >= 0.6 is 0 Å². The van der Waals surface area contributed by atoms with Gasteiger partial charge in [0, 0.05) is 23.7 Å². The number of rotatable bonds is 7. The van der Waals surface area contributed by atoms with Crippen molar-refractivity contribution in [1.82, 2.24) is 10.3 Å². The van der Waals surface area contributed by atoms with Gasteiger partial charge >= 0.3 is 0 Å². The van der Waals surface area contributed by atoms with Crippen LogP contribution in [0.2, 0.25) is 0 Å². The molecule has 0 saturated heterocycles. The largest absolute Gasteiger partial charge is 0.493 e. The molecule has 5 heteroatoms. The van der Waals surface area contributed by atoms with Crippen molar-refractivity contribution in [2.45, 2.75) is 13.2 Å². The van der Waals surface area contributed by atoms with Gasteiger partial charge in [-0.05, 0) is 47.5 Å². The van der Waals surface area contributed by atoms with Crippen molar-refractivity contribution < 1.29 is 14.3 Å². The Balaban J connectivity index is 1.40. The maximum Gasteiger partial charge on any atom is 0.251 e. The zero-order valence-corrected chi connectivity index (χ0v) is 16.7. The van der Waals surface area contributed by atoms with E-state index in [4.69, 9.17) is 9.47 Å². The molecule has 0 fully saturated rings. The van der Waals surface area contributed by atoms with Gasteiger partial charge in [0.2, 0.25) is 0 Å². The van der Waals surface area contributed by atoms with Gasteiger partial charge in [0.25, 0.3) is 5.91 Å². The summed E-state index contributed by atoms with van der Waals surface area (Å²) in [6, 6.07) is 24.9. The summed E-state index contributed by atoms with van der Waals surface area (Å²) < 4.78 is 11.4. The number of amides is 1. The first-order chi connectivity index (χ1) is 14.7. The molecule has 150 valence electrons. The van der Waals surface area contributed by atoms with Gasteiger partial charge in [0.15, 0.2) is 11.5 Å². The molecule has 1 N–H and O–H groups in total. The number of carbonyl (C=O) groups excluding carboxylic acids is 1. The molecule has 1 amide bonds. The highest BCUT2D eigenvalue weighted by Gasteiger charge is 2.09. The molecule has 0 unspecified atom stereocenters. The van der Waals surface area contributed by atoms with Crippen molar-refractivity contribution >= 4 is 16.8 Å². The molecule has 0 radical (unpaired) electrons. The number of nitrogens with zero attached hydrogens (tertiary/aromatic N) is 1. The second-order valence-corrected chi connectivity index (χ2v) is 6.85. The highest BCUT2D eigenvalue weighted by molar-refractivity contribution is 5.97. The fraction of sp³-hybridized carbons (Fsp3) is 0.120. The molecule has 0 atom stereocenters. The second kappa shape index (κ2) is 9.09. The minimum atomic E-state index is -0.135. The molecule has 0 aliphatic carbocycles. The molecular formula is C25H22N2O3. The van der Waals surface area contributed by atoms with Gasteiger partial charge in [-0.3, -0.25) is 9.78 Å². The topological polar surface area (TPSA) is 60.5 Å². The monoisotopic (exact) mass is 398 g/mol. The Morgan fingerprint density at radius 1 is 0.900 bits per heavy atom. The van der Waals surface area contributed by atoms with E-state index < -0.39 is 0 Å². The van der Waals surface area contributed by atoms with Crippen molar-refractivity contribution in [2.75, 3.05) is 7.11 Å². The van der Waals surface area contributed by atoms with Crippen LogP contribution in [-0.2, 0) is 13.2 Å². The third-order valence-corrected chi connectivity index (χ3v) is 4.78. The van der Waals surface area contributed by atoms with Crippen LogP contribution in [0.5, 0.6) is 11.5 Å². The molecular weight excluding hydrogens is 376 g/mol. The first-order valence-electron chi connectivity index (χ1n) is 9.69. The highest BCUT2D eigenvalue weighted by atomic mass is 16.5. The van der Waals surface area contributed by atoms with Crippen molar-refractivity contribution in [2.24, 2.45) is 0 Å². The van der Waals surface area contributed by atoms with Crippen LogP contribution in [0.25, 0.3) is 10.9 Å². The number of methoxy groups -OCH3 is 1. The summed E-state index contributed by atoms with van der Waals surface area (Å²) in [5.41, 5.74) is 3.48. The second-order valence-electron chi connectivity index (χ2n) is 6.85. The molecule has 5 nitrogen and oxygen atoms in total. The summed E-state index contributed by atoms with van der Waals surface area (Å²) in [6.07, 6.45) is 1.74. The summed E-state index contributed by atoms with van der Waals surface area (Å²) in [4.78, 5) is 16.8. The van der Waals surface area contributed by atoms with Crippen LogP contribution in [0.1, 0.15) is 21.5 Å². The normalized spacial score (nSPS) is 10.6. The highest BCUT2D eigenvalue weighted by Crippen LogP contribution is 2.29. The Hall–Kier alpha value is -3.86. The number of hydrogen-bond donors (Lipinski definition) is 1. The van der Waals surface area contributed by atoms with Gasteiger partial charge in [0.1, 0.15) is 6.61 Å². The molecule has 1 heterocycles. The van der Waals surface area contributed by atoms with Crippen molar-refractivity contribution in [3.05, 3.63) is 102 Å². The van der Waals surface area contributed by atoms with Crippen LogP contribution in [0.15, 0.2) is 85.1 Å². The third-order valence-electron chi connectivity index (χ3n) is 4.78. The summed E-state index contributed by atoms with van der Waals surface area (Å²) in [5, 5.41) is 3.89. The van der Waals surface area contributed by atoms with E-state index in [1.165, 1.54) is 0 Å². The van der Waals surface area contributed by atoms with E-state index in [-0.39, 0.29) is 5.91 Å². The number of fused-ring (bicyclic) bond motifs is 1. The van der Waals surface area contributed by atoms with Crippen LogP contribution in [0.3, 0.4) is 0 Å². The average Bonchev–Trinajstić information content (AvgIpc) is 2.81. The first-order valence-corrected chi connectivity index (χ1v) is 9.69. The Labute approximate surface area is 175 Å². The smallest absolute Gasteiger partial charge is 0.251 e. The SMILES string of the molecule is COc1cc(CNC(=O)c2ccc3ncccc3c2)ccc1OCc1ccccc1. The minimum Gasteiger partial charge on any atom is -0.493 e. The molecule has 0 spiro atoms. The van der Waals surface area contributed by atoms with Gasteiger partial charge in [0.05, 0.1) is 12.6 Å². The first kappa shape index (κ1) is 19.5. The lowest BCUT2D eigenvalue weighted by molar-refractivity contribution is 0.0951. The van der Waals surface area contributed by atoms with Gasteiger partial charge in [-0.25, -0.2) is 0 Å². The number of hydrogen-bond acceptors (Lipinski definition) is 4. The Morgan fingerprint density at radius 2 is 1.77 bits per heavy atom. The molecule has 4 aromatic rings. The maximum atomic E-state index is 12.6. The molecule has 30 heavy (non-hydrogen) atoms. The Morgan fingerprint density at radius 3 is 2.60 bits per heavy atom. The number of carbonyl (C=O) groups is 1. The number of ether oxygens (including phenoxy) is 2. The average molecular weight is 398 g/mol. The summed E-state index contributed by atoms with van der Waals surface area (Å²) >= 11 is 0. The quantitative estimate of drug-likeness (QED) is 0.488. The summed E-state index contributed by atoms with van der Waals surface area (Å²) in [5.74, 6) is 1.16. The lowest BCUT2D eigenvalue weighted by Crippen LogP contribution is -2.22. The van der Waals surface area contributed by atoms with E-state index in [0.29, 0.717) is 30.2 Å². The Bertz CT molecular complexity index is 1160. The fourth-order valence-electron chi connectivity index (χ4n) is 3.18.